The molecule has 0 bridgehead atoms. The van der Waals surface area contributed by atoms with Crippen LogP contribution >= 0.6 is 0 Å². The second kappa shape index (κ2) is 10.1. The zero-order valence-corrected chi connectivity index (χ0v) is 20.2. The summed E-state index contributed by atoms with van der Waals surface area (Å²) >= 11 is 0. The number of nitrogens with two attached hydrogens (primary N) is 1. The Labute approximate surface area is 213 Å². The van der Waals surface area contributed by atoms with Crippen LogP contribution in [0.3, 0.4) is 0 Å². The van der Waals surface area contributed by atoms with E-state index in [-0.39, 0.29) is 11.6 Å². The molecule has 1 aliphatic heterocycles. The van der Waals surface area contributed by atoms with Gasteiger partial charge in [0.05, 0.1) is 21.9 Å². The van der Waals surface area contributed by atoms with E-state index in [0.29, 0.717) is 29.1 Å². The third-order valence-electron chi connectivity index (χ3n) is 6.30. The fourth-order valence-electron chi connectivity index (χ4n) is 4.36. The Kier molecular flexibility index (Phi) is 6.53. The van der Waals surface area contributed by atoms with E-state index in [1.54, 1.807) is 6.07 Å². The number of aromatic amines is 1. The first-order valence-electron chi connectivity index (χ1n) is 12.0. The van der Waals surface area contributed by atoms with Crippen LogP contribution in [0.2, 0.25) is 0 Å². The zero-order chi connectivity index (χ0) is 25.9. The second-order valence-electron chi connectivity index (χ2n) is 8.72. The molecule has 0 unspecified atom stereocenters. The topological polar surface area (TPSA) is 139 Å². The number of H-pyrrole nitrogens is 1. The number of benzene rings is 3. The third kappa shape index (κ3) is 4.85. The van der Waals surface area contributed by atoms with E-state index < -0.39 is 4.92 Å². The standard InChI is InChI=1S/C28H26N6O3/c1-2-25-30-16-24(32-25)18-7-9-20(10-8-18)31-27(19-5-3-17(4-6-19)13-14-29)26-22-15-21(34(36)37)11-12-23(22)33-28(26)35/h3-12,15-16,31H,2,13-14,29H2,1H3,(H,30,32)(H,33,35)/b27-26-. The van der Waals surface area contributed by atoms with Gasteiger partial charge in [-0.1, -0.05) is 43.3 Å². The summed E-state index contributed by atoms with van der Waals surface area (Å²) in [6, 6.07) is 19.9. The Balaban J connectivity index is 1.58. The van der Waals surface area contributed by atoms with Crippen molar-refractivity contribution in [1.29, 1.82) is 0 Å². The van der Waals surface area contributed by atoms with Crippen molar-refractivity contribution in [2.75, 3.05) is 17.2 Å². The Bertz CT molecular complexity index is 1500. The van der Waals surface area contributed by atoms with Crippen molar-refractivity contribution in [2.24, 2.45) is 5.73 Å². The second-order valence-corrected chi connectivity index (χ2v) is 8.72. The molecule has 3 aromatic carbocycles. The first-order chi connectivity index (χ1) is 18.0. The summed E-state index contributed by atoms with van der Waals surface area (Å²) in [5.41, 5.74) is 11.9. The highest BCUT2D eigenvalue weighted by Gasteiger charge is 2.30. The number of hydrogen-bond donors (Lipinski definition) is 4. The van der Waals surface area contributed by atoms with Crippen molar-refractivity contribution >= 4 is 34.2 Å². The number of imidazole rings is 1. The molecule has 1 aliphatic rings. The normalized spacial score (nSPS) is 13.7. The fraction of sp³-hybridized carbons (Fsp3) is 0.143. The van der Waals surface area contributed by atoms with E-state index >= 15 is 0 Å². The molecule has 5 N–H and O–H groups in total. The van der Waals surface area contributed by atoms with E-state index in [1.807, 2.05) is 61.7 Å². The number of nitro groups is 1. The largest absolute Gasteiger partial charge is 0.354 e. The summed E-state index contributed by atoms with van der Waals surface area (Å²) in [5.74, 6) is 0.589. The van der Waals surface area contributed by atoms with Gasteiger partial charge in [0.1, 0.15) is 5.82 Å². The van der Waals surface area contributed by atoms with Crippen LogP contribution in [0.4, 0.5) is 17.1 Å². The van der Waals surface area contributed by atoms with E-state index in [1.165, 1.54) is 12.1 Å². The number of carbonyl (C=O) groups is 1. The van der Waals surface area contributed by atoms with Gasteiger partial charge in [-0.05, 0) is 42.3 Å². The zero-order valence-electron chi connectivity index (χ0n) is 20.2. The highest BCUT2D eigenvalue weighted by molar-refractivity contribution is 6.37. The van der Waals surface area contributed by atoms with Gasteiger partial charge in [0.15, 0.2) is 0 Å². The van der Waals surface area contributed by atoms with Gasteiger partial charge < -0.3 is 21.4 Å². The Morgan fingerprint density at radius 3 is 2.49 bits per heavy atom. The molecular weight excluding hydrogens is 468 g/mol. The van der Waals surface area contributed by atoms with Gasteiger partial charge in [0, 0.05) is 47.3 Å². The Morgan fingerprint density at radius 1 is 1.08 bits per heavy atom. The van der Waals surface area contributed by atoms with Crippen LogP contribution in [0.25, 0.3) is 22.5 Å². The molecule has 0 saturated carbocycles. The first-order valence-corrected chi connectivity index (χ1v) is 12.0. The maximum atomic E-state index is 13.1. The molecule has 186 valence electrons. The lowest BCUT2D eigenvalue weighted by molar-refractivity contribution is -0.384. The fourth-order valence-corrected chi connectivity index (χ4v) is 4.36. The molecule has 5 rings (SSSR count). The van der Waals surface area contributed by atoms with Crippen LogP contribution < -0.4 is 16.4 Å². The number of fused-ring (bicyclic) bond motifs is 1. The molecule has 9 nitrogen and oxygen atoms in total. The van der Waals surface area contributed by atoms with Gasteiger partial charge in [0.25, 0.3) is 11.6 Å². The van der Waals surface area contributed by atoms with Crippen molar-refractivity contribution in [3.63, 3.8) is 0 Å². The lowest BCUT2D eigenvalue weighted by atomic mass is 9.98. The predicted molar refractivity (Wildman–Crippen MR) is 145 cm³/mol. The molecule has 4 aromatic rings. The highest BCUT2D eigenvalue weighted by atomic mass is 16.6. The van der Waals surface area contributed by atoms with Crippen molar-refractivity contribution in [2.45, 2.75) is 19.8 Å². The first kappa shape index (κ1) is 24.0. The van der Waals surface area contributed by atoms with Gasteiger partial charge in [-0.3, -0.25) is 14.9 Å². The third-order valence-corrected chi connectivity index (χ3v) is 6.30. The number of anilines is 2. The van der Waals surface area contributed by atoms with E-state index in [2.05, 4.69) is 20.6 Å². The number of aromatic nitrogens is 2. The number of non-ortho nitro benzene ring substituents is 1. The number of nitrogens with one attached hydrogen (secondary N) is 3. The number of aryl methyl sites for hydroxylation is 1. The average Bonchev–Trinajstić information content (AvgIpc) is 3.52. The molecule has 2 heterocycles. The lowest BCUT2D eigenvalue weighted by Gasteiger charge is -2.15. The summed E-state index contributed by atoms with van der Waals surface area (Å²) in [4.78, 5) is 31.9. The van der Waals surface area contributed by atoms with Crippen LogP contribution in [0.15, 0.2) is 72.9 Å². The smallest absolute Gasteiger partial charge is 0.270 e. The van der Waals surface area contributed by atoms with Gasteiger partial charge in [0.2, 0.25) is 0 Å². The summed E-state index contributed by atoms with van der Waals surface area (Å²) in [6.07, 6.45) is 3.44. The number of nitrogens with zero attached hydrogens (tertiary/aromatic N) is 2. The molecule has 0 saturated heterocycles. The van der Waals surface area contributed by atoms with Crippen LogP contribution in [-0.4, -0.2) is 27.3 Å². The van der Waals surface area contributed by atoms with Crippen molar-refractivity contribution in [1.82, 2.24) is 9.97 Å². The summed E-state index contributed by atoms with van der Waals surface area (Å²) in [7, 11) is 0. The summed E-state index contributed by atoms with van der Waals surface area (Å²) < 4.78 is 0. The molecule has 37 heavy (non-hydrogen) atoms. The van der Waals surface area contributed by atoms with Gasteiger partial charge in [-0.15, -0.1) is 0 Å². The molecule has 0 fully saturated rings. The van der Waals surface area contributed by atoms with Gasteiger partial charge in [-0.2, -0.15) is 0 Å². The van der Waals surface area contributed by atoms with Crippen LogP contribution in [0, 0.1) is 10.1 Å². The van der Waals surface area contributed by atoms with Crippen molar-refractivity contribution < 1.29 is 9.72 Å². The SMILES string of the molecule is CCc1nc(-c2ccc(N/C(=C3\C(=O)Nc4ccc([N+](=O)[O-])cc43)c3ccc(CCN)cc3)cc2)c[nH]1. The Hall–Kier alpha value is -4.76. The number of hydrogen-bond acceptors (Lipinski definition) is 6. The molecule has 0 aliphatic carbocycles. The number of rotatable bonds is 8. The maximum Gasteiger partial charge on any atom is 0.270 e. The van der Waals surface area contributed by atoms with E-state index in [4.69, 9.17) is 5.73 Å². The molecule has 9 heteroatoms. The number of amides is 1. The predicted octanol–water partition coefficient (Wildman–Crippen LogP) is 4.98. The molecule has 0 radical (unpaired) electrons. The van der Waals surface area contributed by atoms with Crippen molar-refractivity contribution in [3.05, 3.63) is 106 Å². The average molecular weight is 495 g/mol. The van der Waals surface area contributed by atoms with Gasteiger partial charge in [-0.25, -0.2) is 4.98 Å². The maximum absolute atomic E-state index is 13.1. The monoisotopic (exact) mass is 494 g/mol. The minimum absolute atomic E-state index is 0.0832. The highest BCUT2D eigenvalue weighted by Crippen LogP contribution is 2.39. The summed E-state index contributed by atoms with van der Waals surface area (Å²) in [6.45, 7) is 2.58. The van der Waals surface area contributed by atoms with E-state index in [9.17, 15) is 14.9 Å². The summed E-state index contributed by atoms with van der Waals surface area (Å²) in [5, 5.41) is 17.7. The Morgan fingerprint density at radius 2 is 1.84 bits per heavy atom. The van der Waals surface area contributed by atoms with Crippen LogP contribution in [0.1, 0.15) is 29.4 Å². The molecule has 0 atom stereocenters. The minimum Gasteiger partial charge on any atom is -0.354 e. The number of carbonyl (C=O) groups excluding carboxylic acids is 1. The quantitative estimate of drug-likeness (QED) is 0.155. The lowest BCUT2D eigenvalue weighted by Crippen LogP contribution is -2.10. The molecular formula is C28H26N6O3. The minimum atomic E-state index is -0.465. The number of nitro benzene ring substituents is 1. The van der Waals surface area contributed by atoms with Gasteiger partial charge >= 0.3 is 0 Å². The van der Waals surface area contributed by atoms with Crippen LogP contribution in [-0.2, 0) is 17.6 Å². The molecule has 1 amide bonds. The van der Waals surface area contributed by atoms with Crippen LogP contribution in [0.5, 0.6) is 0 Å². The molecule has 0 spiro atoms. The van der Waals surface area contributed by atoms with E-state index in [0.717, 1.165) is 46.7 Å². The van der Waals surface area contributed by atoms with Crippen molar-refractivity contribution in [3.8, 4) is 11.3 Å². The molecule has 1 aromatic heterocycles.